The predicted molar refractivity (Wildman–Crippen MR) is 181 cm³/mol. The zero-order valence-corrected chi connectivity index (χ0v) is 27.2. The Hall–Kier alpha value is -4.45. The van der Waals surface area contributed by atoms with E-state index in [4.69, 9.17) is 10.2 Å². The summed E-state index contributed by atoms with van der Waals surface area (Å²) in [6.45, 7) is 14.5. The number of carbonyl (C=O) groups excluding carboxylic acids is 1. The van der Waals surface area contributed by atoms with E-state index < -0.39 is 11.9 Å². The number of hydrogen-bond donors (Lipinski definition) is 3. The Morgan fingerprint density at radius 1 is 0.705 bits per heavy atom. The molecule has 234 valence electrons. The Kier molecular flexibility index (Phi) is 14.3. The number of amides is 1. The summed E-state index contributed by atoms with van der Waals surface area (Å²) >= 11 is 0. The molecule has 0 radical (unpaired) electrons. The van der Waals surface area contributed by atoms with Gasteiger partial charge in [-0.15, -0.1) is 0 Å². The van der Waals surface area contributed by atoms with Gasteiger partial charge in [0.2, 0.25) is 5.91 Å². The SMILES string of the molecule is CC1=C(C)C(=C/C(C)=C/C(=O)Nc2ccc(C(=O)O)cc2)CCC1.CC1=C(C)C(=C\C(C)=C/C=C/C(C)=C/C(=O)O)CCC1. The highest BCUT2D eigenvalue weighted by Crippen LogP contribution is 2.30. The number of aromatic carboxylic acids is 1. The quantitative estimate of drug-likeness (QED) is 0.204. The summed E-state index contributed by atoms with van der Waals surface area (Å²) in [6.07, 6.45) is 19.8. The number of allylic oxidation sites excluding steroid dienone is 14. The minimum absolute atomic E-state index is 0.194. The first-order valence-electron chi connectivity index (χ1n) is 15.1. The van der Waals surface area contributed by atoms with Crippen LogP contribution in [0.5, 0.6) is 0 Å². The van der Waals surface area contributed by atoms with E-state index in [1.807, 2.05) is 25.2 Å². The van der Waals surface area contributed by atoms with Crippen molar-refractivity contribution in [3.05, 3.63) is 123 Å². The number of carbonyl (C=O) groups is 3. The summed E-state index contributed by atoms with van der Waals surface area (Å²) in [5.41, 5.74) is 12.0. The normalized spacial score (nSPS) is 18.5. The molecular formula is C38H47NO5. The van der Waals surface area contributed by atoms with Crippen molar-refractivity contribution >= 4 is 23.5 Å². The Bertz CT molecular complexity index is 1490. The van der Waals surface area contributed by atoms with Crippen LogP contribution in [-0.2, 0) is 9.59 Å². The lowest BCUT2D eigenvalue weighted by Gasteiger charge is -2.18. The molecule has 6 nitrogen and oxygen atoms in total. The van der Waals surface area contributed by atoms with Crippen molar-refractivity contribution in [1.29, 1.82) is 0 Å². The fraction of sp³-hybridized carbons (Fsp3) is 0.342. The molecule has 0 bridgehead atoms. The van der Waals surface area contributed by atoms with Crippen LogP contribution < -0.4 is 5.32 Å². The molecule has 0 aromatic heterocycles. The zero-order chi connectivity index (χ0) is 32.8. The summed E-state index contributed by atoms with van der Waals surface area (Å²) in [5.74, 6) is -2.11. The number of anilines is 1. The van der Waals surface area contributed by atoms with Gasteiger partial charge in [-0.25, -0.2) is 9.59 Å². The molecule has 0 saturated carbocycles. The van der Waals surface area contributed by atoms with E-state index >= 15 is 0 Å². The maximum Gasteiger partial charge on any atom is 0.335 e. The van der Waals surface area contributed by atoms with E-state index in [0.29, 0.717) is 5.69 Å². The van der Waals surface area contributed by atoms with E-state index in [-0.39, 0.29) is 11.5 Å². The van der Waals surface area contributed by atoms with Gasteiger partial charge in [-0.3, -0.25) is 4.79 Å². The van der Waals surface area contributed by atoms with Crippen molar-refractivity contribution in [3.8, 4) is 0 Å². The molecule has 0 aliphatic heterocycles. The maximum atomic E-state index is 12.1. The van der Waals surface area contributed by atoms with Crippen molar-refractivity contribution < 1.29 is 24.6 Å². The molecule has 0 fully saturated rings. The van der Waals surface area contributed by atoms with Gasteiger partial charge in [0.1, 0.15) is 0 Å². The molecule has 2 aliphatic carbocycles. The van der Waals surface area contributed by atoms with E-state index in [0.717, 1.165) is 36.8 Å². The van der Waals surface area contributed by atoms with Gasteiger partial charge < -0.3 is 15.5 Å². The lowest BCUT2D eigenvalue weighted by molar-refractivity contribution is -0.131. The van der Waals surface area contributed by atoms with Crippen LogP contribution in [0.4, 0.5) is 5.69 Å². The second-order valence-corrected chi connectivity index (χ2v) is 11.6. The van der Waals surface area contributed by atoms with Gasteiger partial charge in [0.05, 0.1) is 5.56 Å². The molecule has 44 heavy (non-hydrogen) atoms. The van der Waals surface area contributed by atoms with E-state index in [9.17, 15) is 14.4 Å². The highest BCUT2D eigenvalue weighted by Gasteiger charge is 2.11. The monoisotopic (exact) mass is 597 g/mol. The summed E-state index contributed by atoms with van der Waals surface area (Å²) in [5, 5.41) is 20.2. The number of aliphatic carboxylic acids is 1. The molecule has 1 aromatic carbocycles. The van der Waals surface area contributed by atoms with Crippen LogP contribution in [0.1, 0.15) is 97.3 Å². The number of rotatable bonds is 8. The average Bonchev–Trinajstić information content (AvgIpc) is 2.94. The molecule has 6 heteroatoms. The molecule has 1 amide bonds. The minimum Gasteiger partial charge on any atom is -0.478 e. The summed E-state index contributed by atoms with van der Waals surface area (Å²) in [6, 6.07) is 6.10. The first-order chi connectivity index (χ1) is 20.8. The van der Waals surface area contributed by atoms with Gasteiger partial charge >= 0.3 is 11.9 Å². The van der Waals surface area contributed by atoms with Gasteiger partial charge in [0.25, 0.3) is 0 Å². The summed E-state index contributed by atoms with van der Waals surface area (Å²) < 4.78 is 0. The molecule has 0 spiro atoms. The summed E-state index contributed by atoms with van der Waals surface area (Å²) in [4.78, 5) is 33.4. The Labute approximate surface area is 262 Å². The summed E-state index contributed by atoms with van der Waals surface area (Å²) in [7, 11) is 0. The third-order valence-corrected chi connectivity index (χ3v) is 7.87. The van der Waals surface area contributed by atoms with Crippen molar-refractivity contribution in [2.24, 2.45) is 0 Å². The van der Waals surface area contributed by atoms with Crippen molar-refractivity contribution in [3.63, 3.8) is 0 Å². The zero-order valence-electron chi connectivity index (χ0n) is 27.2. The van der Waals surface area contributed by atoms with Gasteiger partial charge in [0, 0.05) is 17.8 Å². The lowest BCUT2D eigenvalue weighted by atomic mass is 9.88. The standard InChI is InChI=1S/C20H23NO3.C18H24O2/c1-13(11-17-6-4-5-14(2)15(17)3)12-19(22)21-18-9-7-16(8-10-18)20(23)24;1-13(7-5-8-14(2)12-18(19)20)11-17-10-6-9-15(3)16(17)4/h7-12H,4-6H2,1-3H3,(H,21,22)(H,23,24);5,7-8,11-12H,6,9-10H2,1-4H3,(H,19,20)/b13-12+,17-11?;8-5+,13-7-,14-12+,17-11?. The Balaban J connectivity index is 0.000000312. The molecule has 0 unspecified atom stereocenters. The molecule has 0 atom stereocenters. The van der Waals surface area contributed by atoms with Gasteiger partial charge in [-0.05, 0) is 145 Å². The first-order valence-corrected chi connectivity index (χ1v) is 15.1. The van der Waals surface area contributed by atoms with Gasteiger partial charge in [0.15, 0.2) is 0 Å². The maximum absolute atomic E-state index is 12.1. The third-order valence-electron chi connectivity index (χ3n) is 7.87. The Morgan fingerprint density at radius 2 is 1.23 bits per heavy atom. The van der Waals surface area contributed by atoms with E-state index in [2.05, 4.69) is 52.1 Å². The number of benzene rings is 1. The molecule has 0 heterocycles. The largest absolute Gasteiger partial charge is 0.478 e. The van der Waals surface area contributed by atoms with Crippen LogP contribution in [0.3, 0.4) is 0 Å². The molecule has 3 rings (SSSR count). The number of carboxylic acids is 2. The minimum atomic E-state index is -0.985. The molecular weight excluding hydrogens is 550 g/mol. The van der Waals surface area contributed by atoms with Crippen LogP contribution in [0.2, 0.25) is 0 Å². The van der Waals surface area contributed by atoms with Crippen molar-refractivity contribution in [2.75, 3.05) is 5.32 Å². The van der Waals surface area contributed by atoms with E-state index in [1.165, 1.54) is 70.1 Å². The molecule has 0 saturated heterocycles. The number of carboxylic acid groups (broad SMARTS) is 2. The second kappa shape index (κ2) is 17.6. The van der Waals surface area contributed by atoms with Gasteiger partial charge in [-0.1, -0.05) is 47.1 Å². The lowest BCUT2D eigenvalue weighted by Crippen LogP contribution is -2.09. The van der Waals surface area contributed by atoms with Crippen molar-refractivity contribution in [1.82, 2.24) is 0 Å². The van der Waals surface area contributed by atoms with Crippen LogP contribution in [0.15, 0.2) is 117 Å². The van der Waals surface area contributed by atoms with Crippen molar-refractivity contribution in [2.45, 2.75) is 87.0 Å². The molecule has 3 N–H and O–H groups in total. The molecule has 1 aromatic rings. The first kappa shape index (κ1) is 35.7. The topological polar surface area (TPSA) is 104 Å². The predicted octanol–water partition coefficient (Wildman–Crippen LogP) is 9.68. The van der Waals surface area contributed by atoms with E-state index in [1.54, 1.807) is 25.1 Å². The fourth-order valence-electron chi connectivity index (χ4n) is 5.06. The second-order valence-electron chi connectivity index (χ2n) is 11.6. The average molecular weight is 598 g/mol. The highest BCUT2D eigenvalue weighted by atomic mass is 16.4. The highest BCUT2D eigenvalue weighted by molar-refractivity contribution is 6.00. The number of hydrogen-bond acceptors (Lipinski definition) is 3. The van der Waals surface area contributed by atoms with Crippen LogP contribution in [0.25, 0.3) is 0 Å². The van der Waals surface area contributed by atoms with Gasteiger partial charge in [-0.2, -0.15) is 0 Å². The van der Waals surface area contributed by atoms with Crippen LogP contribution in [0, 0.1) is 0 Å². The van der Waals surface area contributed by atoms with Crippen LogP contribution in [-0.4, -0.2) is 28.1 Å². The fourth-order valence-corrected chi connectivity index (χ4v) is 5.06. The number of nitrogens with one attached hydrogen (secondary N) is 1. The smallest absolute Gasteiger partial charge is 0.335 e. The Morgan fingerprint density at radius 3 is 1.73 bits per heavy atom. The molecule has 2 aliphatic rings. The third kappa shape index (κ3) is 12.4. The van der Waals surface area contributed by atoms with Crippen LogP contribution >= 0.6 is 0 Å².